The molecule has 3 rings (SSSR count). The molecule has 1 fully saturated rings. The number of hydrogen-bond acceptors (Lipinski definition) is 3. The smallest absolute Gasteiger partial charge is 0.251 e. The van der Waals surface area contributed by atoms with Gasteiger partial charge in [0.05, 0.1) is 12.1 Å². The number of nitrogens with one attached hydrogen (secondary N) is 1. The van der Waals surface area contributed by atoms with E-state index in [0.29, 0.717) is 11.7 Å². The molecule has 1 atom stereocenters. The summed E-state index contributed by atoms with van der Waals surface area (Å²) in [5.74, 6) is 0.875. The van der Waals surface area contributed by atoms with Crippen LogP contribution in [0.5, 0.6) is 11.5 Å². The van der Waals surface area contributed by atoms with Crippen LogP contribution in [0.1, 0.15) is 54.6 Å². The van der Waals surface area contributed by atoms with Crippen molar-refractivity contribution in [3.05, 3.63) is 59.7 Å². The largest absolute Gasteiger partial charge is 0.508 e. The number of benzene rings is 2. The molecule has 2 aromatic rings. The molecule has 4 nitrogen and oxygen atoms in total. The molecule has 1 aliphatic carbocycles. The van der Waals surface area contributed by atoms with E-state index in [1.54, 1.807) is 30.3 Å². The predicted molar refractivity (Wildman–Crippen MR) is 93.3 cm³/mol. The third-order valence-electron chi connectivity index (χ3n) is 4.44. The number of carbonyl (C=O) groups is 1. The monoisotopic (exact) mass is 325 g/mol. The van der Waals surface area contributed by atoms with Gasteiger partial charge in [0, 0.05) is 5.56 Å². The fraction of sp³-hybridized carbons (Fsp3) is 0.350. The average Bonchev–Trinajstić information content (AvgIpc) is 3.08. The minimum absolute atomic E-state index is 0.141. The number of ether oxygens (including phenoxy) is 1. The first-order chi connectivity index (χ1) is 11.6. The van der Waals surface area contributed by atoms with Crippen molar-refractivity contribution in [1.29, 1.82) is 0 Å². The highest BCUT2D eigenvalue weighted by Gasteiger charge is 2.17. The van der Waals surface area contributed by atoms with E-state index < -0.39 is 0 Å². The van der Waals surface area contributed by atoms with Crippen LogP contribution in [0.15, 0.2) is 48.5 Å². The van der Waals surface area contributed by atoms with Gasteiger partial charge in [-0.3, -0.25) is 4.79 Å². The first kappa shape index (κ1) is 16.4. The van der Waals surface area contributed by atoms with Crippen molar-refractivity contribution >= 4 is 5.91 Å². The Morgan fingerprint density at radius 1 is 1.17 bits per heavy atom. The third-order valence-corrected chi connectivity index (χ3v) is 4.44. The SMILES string of the molecule is CC(NC(=O)c1ccc(OC2CCCC2)cc1)c1cccc(O)c1. The molecule has 0 radical (unpaired) electrons. The second kappa shape index (κ2) is 7.39. The summed E-state index contributed by atoms with van der Waals surface area (Å²) in [6.07, 6.45) is 5.01. The van der Waals surface area contributed by atoms with Gasteiger partial charge in [-0.25, -0.2) is 0 Å². The van der Waals surface area contributed by atoms with Crippen LogP contribution in [0, 0.1) is 0 Å². The van der Waals surface area contributed by atoms with Gasteiger partial charge < -0.3 is 15.2 Å². The van der Waals surface area contributed by atoms with Gasteiger partial charge in [0.25, 0.3) is 5.91 Å². The third kappa shape index (κ3) is 4.07. The molecule has 2 N–H and O–H groups in total. The zero-order valence-electron chi connectivity index (χ0n) is 13.9. The first-order valence-electron chi connectivity index (χ1n) is 8.48. The van der Waals surface area contributed by atoms with Crippen molar-refractivity contribution in [1.82, 2.24) is 5.32 Å². The highest BCUT2D eigenvalue weighted by molar-refractivity contribution is 5.94. The molecule has 2 aromatic carbocycles. The molecule has 126 valence electrons. The lowest BCUT2D eigenvalue weighted by atomic mass is 10.1. The summed E-state index contributed by atoms with van der Waals surface area (Å²) in [7, 11) is 0. The highest BCUT2D eigenvalue weighted by atomic mass is 16.5. The van der Waals surface area contributed by atoms with Gasteiger partial charge in [-0.2, -0.15) is 0 Å². The Kier molecular flexibility index (Phi) is 5.04. The molecule has 4 heteroatoms. The average molecular weight is 325 g/mol. The summed E-state index contributed by atoms with van der Waals surface area (Å²) >= 11 is 0. The van der Waals surface area contributed by atoms with E-state index in [1.807, 2.05) is 25.1 Å². The van der Waals surface area contributed by atoms with E-state index in [-0.39, 0.29) is 17.7 Å². The fourth-order valence-electron chi connectivity index (χ4n) is 3.04. The summed E-state index contributed by atoms with van der Waals surface area (Å²) in [6, 6.07) is 14.0. The number of amides is 1. The summed E-state index contributed by atoms with van der Waals surface area (Å²) in [5.41, 5.74) is 1.46. The van der Waals surface area contributed by atoms with Crippen LogP contribution < -0.4 is 10.1 Å². The van der Waals surface area contributed by atoms with Crippen LogP contribution >= 0.6 is 0 Å². The predicted octanol–water partition coefficient (Wildman–Crippen LogP) is 4.20. The maximum Gasteiger partial charge on any atom is 0.251 e. The highest BCUT2D eigenvalue weighted by Crippen LogP contribution is 2.24. The minimum atomic E-state index is -0.181. The van der Waals surface area contributed by atoms with Crippen molar-refractivity contribution in [2.24, 2.45) is 0 Å². The molecule has 1 unspecified atom stereocenters. The van der Waals surface area contributed by atoms with Crippen molar-refractivity contribution in [3.63, 3.8) is 0 Å². The molecule has 0 spiro atoms. The molecule has 0 heterocycles. The van der Waals surface area contributed by atoms with Crippen molar-refractivity contribution in [3.8, 4) is 11.5 Å². The van der Waals surface area contributed by atoms with Crippen LogP contribution in [-0.4, -0.2) is 17.1 Å². The fourth-order valence-corrected chi connectivity index (χ4v) is 3.04. The van der Waals surface area contributed by atoms with Crippen molar-refractivity contribution < 1.29 is 14.6 Å². The molecule has 1 amide bonds. The summed E-state index contributed by atoms with van der Waals surface area (Å²) in [6.45, 7) is 1.89. The molecule has 1 saturated carbocycles. The Hall–Kier alpha value is -2.49. The first-order valence-corrected chi connectivity index (χ1v) is 8.48. The minimum Gasteiger partial charge on any atom is -0.508 e. The van der Waals surface area contributed by atoms with Crippen molar-refractivity contribution in [2.45, 2.75) is 44.8 Å². The van der Waals surface area contributed by atoms with Crippen LogP contribution in [0.25, 0.3) is 0 Å². The molecular formula is C20H23NO3. The summed E-state index contributed by atoms with van der Waals surface area (Å²) in [4.78, 5) is 12.4. The molecule has 0 aliphatic heterocycles. The molecule has 0 saturated heterocycles. The Balaban J connectivity index is 1.60. The van der Waals surface area contributed by atoms with Gasteiger partial charge in [-0.15, -0.1) is 0 Å². The standard InChI is InChI=1S/C20H23NO3/c1-14(16-5-4-6-17(22)13-16)21-20(23)15-9-11-19(12-10-15)24-18-7-2-3-8-18/h4-6,9-14,18,22H,2-3,7-8H2,1H3,(H,21,23). The second-order valence-corrected chi connectivity index (χ2v) is 6.34. The topological polar surface area (TPSA) is 58.6 Å². The maximum atomic E-state index is 12.4. The zero-order valence-corrected chi connectivity index (χ0v) is 13.9. The summed E-state index contributed by atoms with van der Waals surface area (Å²) < 4.78 is 5.91. The van der Waals surface area contributed by atoms with Gasteiger partial charge >= 0.3 is 0 Å². The van der Waals surface area contributed by atoms with Gasteiger partial charge in [0.15, 0.2) is 0 Å². The molecular weight excluding hydrogens is 302 g/mol. The van der Waals surface area contributed by atoms with Crippen LogP contribution in [0.2, 0.25) is 0 Å². The number of hydrogen-bond donors (Lipinski definition) is 2. The van der Waals surface area contributed by atoms with E-state index in [0.717, 1.165) is 24.2 Å². The Morgan fingerprint density at radius 2 is 1.88 bits per heavy atom. The van der Waals surface area contributed by atoms with Gasteiger partial charge in [-0.05, 0) is 74.6 Å². The normalized spacial score (nSPS) is 15.9. The van der Waals surface area contributed by atoms with Crippen LogP contribution in [-0.2, 0) is 0 Å². The van der Waals surface area contributed by atoms with Gasteiger partial charge in [-0.1, -0.05) is 12.1 Å². The van der Waals surface area contributed by atoms with E-state index in [1.165, 1.54) is 12.8 Å². The van der Waals surface area contributed by atoms with Crippen LogP contribution in [0.4, 0.5) is 0 Å². The number of phenols is 1. The van der Waals surface area contributed by atoms with E-state index in [4.69, 9.17) is 4.74 Å². The lowest BCUT2D eigenvalue weighted by Gasteiger charge is -2.16. The maximum absolute atomic E-state index is 12.4. The molecule has 1 aliphatic rings. The number of carbonyl (C=O) groups excluding carboxylic acids is 1. The number of phenolic OH excluding ortho intramolecular Hbond substituents is 1. The Bertz CT molecular complexity index is 690. The molecule has 24 heavy (non-hydrogen) atoms. The van der Waals surface area contributed by atoms with E-state index in [2.05, 4.69) is 5.32 Å². The van der Waals surface area contributed by atoms with Crippen molar-refractivity contribution in [2.75, 3.05) is 0 Å². The number of aromatic hydroxyl groups is 1. The van der Waals surface area contributed by atoms with Gasteiger partial charge in [0.1, 0.15) is 11.5 Å². The Morgan fingerprint density at radius 3 is 2.54 bits per heavy atom. The second-order valence-electron chi connectivity index (χ2n) is 6.34. The summed E-state index contributed by atoms with van der Waals surface area (Å²) in [5, 5.41) is 12.5. The lowest BCUT2D eigenvalue weighted by molar-refractivity contribution is 0.0939. The molecule has 0 bridgehead atoms. The molecule has 0 aromatic heterocycles. The van der Waals surface area contributed by atoms with E-state index >= 15 is 0 Å². The van der Waals surface area contributed by atoms with E-state index in [9.17, 15) is 9.90 Å². The van der Waals surface area contributed by atoms with Crippen LogP contribution in [0.3, 0.4) is 0 Å². The zero-order chi connectivity index (χ0) is 16.9. The quantitative estimate of drug-likeness (QED) is 0.866. The lowest BCUT2D eigenvalue weighted by Crippen LogP contribution is -2.26. The van der Waals surface area contributed by atoms with Gasteiger partial charge in [0.2, 0.25) is 0 Å². The Labute approximate surface area is 142 Å². The number of rotatable bonds is 5.